The number of halogens is 2. The quantitative estimate of drug-likeness (QED) is 0.803. The predicted octanol–water partition coefficient (Wildman–Crippen LogP) is 2.92. The molecule has 0 unspecified atom stereocenters. The molecular weight excluding hydrogens is 311 g/mol. The van der Waals surface area contributed by atoms with Crippen molar-refractivity contribution in [2.24, 2.45) is 0 Å². The first-order valence-electron chi connectivity index (χ1n) is 6.26. The lowest BCUT2D eigenvalue weighted by Gasteiger charge is -2.04. The summed E-state index contributed by atoms with van der Waals surface area (Å²) in [6.07, 6.45) is 7.08. The van der Waals surface area contributed by atoms with E-state index in [1.165, 1.54) is 0 Å². The normalized spacial score (nSPS) is 11.0. The molecule has 21 heavy (non-hydrogen) atoms. The molecule has 3 rings (SSSR count). The third kappa shape index (κ3) is 2.95. The van der Waals surface area contributed by atoms with Gasteiger partial charge in [0, 0.05) is 24.3 Å². The molecule has 0 aliphatic rings. The van der Waals surface area contributed by atoms with Crippen LogP contribution in [0.1, 0.15) is 11.5 Å². The van der Waals surface area contributed by atoms with Gasteiger partial charge in [0.25, 0.3) is 0 Å². The molecule has 1 N–H and O–H groups in total. The third-order valence-electron chi connectivity index (χ3n) is 3.11. The molecule has 0 spiro atoms. The molecule has 0 atom stereocenters. The molecule has 0 radical (unpaired) electrons. The average Bonchev–Trinajstić information content (AvgIpc) is 3.11. The van der Waals surface area contributed by atoms with Crippen LogP contribution in [0.15, 0.2) is 43.1 Å². The van der Waals surface area contributed by atoms with Crippen LogP contribution in [0.2, 0.25) is 10.0 Å². The monoisotopic (exact) mass is 322 g/mol. The highest BCUT2D eigenvalue weighted by molar-refractivity contribution is 6.42. The summed E-state index contributed by atoms with van der Waals surface area (Å²) in [7, 11) is 0. The van der Waals surface area contributed by atoms with Crippen molar-refractivity contribution in [2.75, 3.05) is 0 Å². The molecule has 0 saturated heterocycles. The van der Waals surface area contributed by atoms with Gasteiger partial charge >= 0.3 is 0 Å². The molecule has 108 valence electrons. The van der Waals surface area contributed by atoms with E-state index in [1.54, 1.807) is 24.7 Å². The van der Waals surface area contributed by atoms with Crippen molar-refractivity contribution >= 4 is 23.2 Å². The second-order valence-electron chi connectivity index (χ2n) is 4.50. The Balaban J connectivity index is 1.84. The van der Waals surface area contributed by atoms with Crippen molar-refractivity contribution in [1.29, 1.82) is 0 Å². The molecule has 0 fully saturated rings. The maximum absolute atomic E-state index is 9.19. The first-order chi connectivity index (χ1) is 10.2. The van der Waals surface area contributed by atoms with Crippen LogP contribution in [0.4, 0.5) is 0 Å². The van der Waals surface area contributed by atoms with E-state index in [0.29, 0.717) is 22.4 Å². The molecule has 0 aliphatic heterocycles. The Bertz CT molecular complexity index is 766. The van der Waals surface area contributed by atoms with Crippen molar-refractivity contribution in [2.45, 2.75) is 13.2 Å². The van der Waals surface area contributed by atoms with Gasteiger partial charge in [-0.1, -0.05) is 23.2 Å². The van der Waals surface area contributed by atoms with Crippen LogP contribution in [-0.4, -0.2) is 24.2 Å². The van der Waals surface area contributed by atoms with E-state index in [4.69, 9.17) is 23.2 Å². The standard InChI is InChI=1S/C14H12Cl2N4O/c15-12-2-1-11(5-13(12)16)20-7-10(18-9-20)6-19-4-3-17-14(19)8-21/h1-5,7,9,21H,6,8H2. The molecule has 0 amide bonds. The molecule has 0 bridgehead atoms. The molecule has 2 heterocycles. The summed E-state index contributed by atoms with van der Waals surface area (Å²) in [6, 6.07) is 5.40. The summed E-state index contributed by atoms with van der Waals surface area (Å²) in [5, 5.41) is 10.2. The minimum atomic E-state index is -0.0967. The van der Waals surface area contributed by atoms with E-state index in [-0.39, 0.29) is 6.61 Å². The lowest BCUT2D eigenvalue weighted by molar-refractivity contribution is 0.266. The van der Waals surface area contributed by atoms with Gasteiger partial charge < -0.3 is 14.2 Å². The van der Waals surface area contributed by atoms with E-state index in [1.807, 2.05) is 27.6 Å². The Labute approximate surface area is 131 Å². The number of aliphatic hydroxyl groups is 1. The van der Waals surface area contributed by atoms with Gasteiger partial charge in [-0.3, -0.25) is 0 Å². The van der Waals surface area contributed by atoms with E-state index < -0.39 is 0 Å². The Morgan fingerprint density at radius 3 is 2.76 bits per heavy atom. The maximum Gasteiger partial charge on any atom is 0.134 e. The Morgan fingerprint density at radius 1 is 1.14 bits per heavy atom. The van der Waals surface area contributed by atoms with Crippen LogP contribution in [0.3, 0.4) is 0 Å². The van der Waals surface area contributed by atoms with E-state index in [9.17, 15) is 5.11 Å². The van der Waals surface area contributed by atoms with Crippen molar-refractivity contribution in [3.63, 3.8) is 0 Å². The van der Waals surface area contributed by atoms with Gasteiger partial charge in [-0.15, -0.1) is 0 Å². The molecule has 1 aromatic carbocycles. The maximum atomic E-state index is 9.19. The first kappa shape index (κ1) is 14.1. The minimum Gasteiger partial charge on any atom is -0.388 e. The molecular formula is C14H12Cl2N4O. The predicted molar refractivity (Wildman–Crippen MR) is 80.8 cm³/mol. The van der Waals surface area contributed by atoms with Gasteiger partial charge in [-0.05, 0) is 18.2 Å². The van der Waals surface area contributed by atoms with Gasteiger partial charge in [-0.25, -0.2) is 9.97 Å². The van der Waals surface area contributed by atoms with Crippen molar-refractivity contribution in [1.82, 2.24) is 19.1 Å². The van der Waals surface area contributed by atoms with E-state index >= 15 is 0 Å². The molecule has 0 aliphatic carbocycles. The second-order valence-corrected chi connectivity index (χ2v) is 5.31. The summed E-state index contributed by atoms with van der Waals surface area (Å²) in [4.78, 5) is 8.41. The Morgan fingerprint density at radius 2 is 2.00 bits per heavy atom. The number of benzene rings is 1. The van der Waals surface area contributed by atoms with Crippen LogP contribution in [-0.2, 0) is 13.2 Å². The third-order valence-corrected chi connectivity index (χ3v) is 3.85. The lowest BCUT2D eigenvalue weighted by atomic mass is 10.3. The minimum absolute atomic E-state index is 0.0967. The van der Waals surface area contributed by atoms with Crippen LogP contribution in [0.25, 0.3) is 5.69 Å². The number of rotatable bonds is 4. The van der Waals surface area contributed by atoms with Crippen molar-refractivity contribution < 1.29 is 5.11 Å². The zero-order chi connectivity index (χ0) is 14.8. The highest BCUT2D eigenvalue weighted by atomic mass is 35.5. The molecule has 7 heteroatoms. The van der Waals surface area contributed by atoms with Crippen LogP contribution in [0, 0.1) is 0 Å². The van der Waals surface area contributed by atoms with E-state index in [2.05, 4.69) is 9.97 Å². The summed E-state index contributed by atoms with van der Waals surface area (Å²) in [5.41, 5.74) is 1.74. The van der Waals surface area contributed by atoms with Gasteiger partial charge in [0.05, 0.1) is 28.6 Å². The summed E-state index contributed by atoms with van der Waals surface area (Å²) >= 11 is 11.9. The second kappa shape index (κ2) is 5.89. The summed E-state index contributed by atoms with van der Waals surface area (Å²) in [5.74, 6) is 0.610. The fraction of sp³-hybridized carbons (Fsp3) is 0.143. The zero-order valence-electron chi connectivity index (χ0n) is 10.9. The largest absolute Gasteiger partial charge is 0.388 e. The number of aromatic nitrogens is 4. The van der Waals surface area contributed by atoms with Crippen LogP contribution < -0.4 is 0 Å². The number of imidazole rings is 2. The fourth-order valence-corrected chi connectivity index (χ4v) is 2.33. The lowest BCUT2D eigenvalue weighted by Crippen LogP contribution is -2.04. The first-order valence-corrected chi connectivity index (χ1v) is 7.02. The molecule has 3 aromatic rings. The van der Waals surface area contributed by atoms with Crippen LogP contribution in [0.5, 0.6) is 0 Å². The Kier molecular flexibility index (Phi) is 3.96. The fourth-order valence-electron chi connectivity index (χ4n) is 2.04. The summed E-state index contributed by atoms with van der Waals surface area (Å²) < 4.78 is 3.72. The number of hydrogen-bond donors (Lipinski definition) is 1. The average molecular weight is 323 g/mol. The molecule has 0 saturated carbocycles. The summed E-state index contributed by atoms with van der Waals surface area (Å²) in [6.45, 7) is 0.449. The molecule has 5 nitrogen and oxygen atoms in total. The smallest absolute Gasteiger partial charge is 0.134 e. The van der Waals surface area contributed by atoms with Crippen molar-refractivity contribution in [3.8, 4) is 5.69 Å². The SMILES string of the molecule is OCc1nccn1Cc1cn(-c2ccc(Cl)c(Cl)c2)cn1. The highest BCUT2D eigenvalue weighted by Gasteiger charge is 2.06. The number of aliphatic hydroxyl groups excluding tert-OH is 1. The Hall–Kier alpha value is -1.82. The van der Waals surface area contributed by atoms with E-state index in [0.717, 1.165) is 11.4 Å². The topological polar surface area (TPSA) is 55.9 Å². The zero-order valence-corrected chi connectivity index (χ0v) is 12.5. The van der Waals surface area contributed by atoms with Gasteiger partial charge in [0.1, 0.15) is 12.4 Å². The van der Waals surface area contributed by atoms with Crippen LogP contribution >= 0.6 is 23.2 Å². The number of nitrogens with zero attached hydrogens (tertiary/aromatic N) is 4. The highest BCUT2D eigenvalue weighted by Crippen LogP contribution is 2.24. The number of hydrogen-bond acceptors (Lipinski definition) is 3. The van der Waals surface area contributed by atoms with Crippen molar-refractivity contribution in [3.05, 3.63) is 64.7 Å². The molecule has 2 aromatic heterocycles. The van der Waals surface area contributed by atoms with Gasteiger partial charge in [0.2, 0.25) is 0 Å². The van der Waals surface area contributed by atoms with Gasteiger partial charge in [-0.2, -0.15) is 0 Å². The van der Waals surface area contributed by atoms with Gasteiger partial charge in [0.15, 0.2) is 0 Å².